The van der Waals surface area contributed by atoms with Crippen LogP contribution in [0.3, 0.4) is 0 Å². The monoisotopic (exact) mass is 752 g/mol. The number of amides is 5. The zero-order valence-electron chi connectivity index (χ0n) is 31.6. The highest BCUT2D eigenvalue weighted by Gasteiger charge is 2.37. The Morgan fingerprint density at radius 2 is 1.47 bits per heavy atom. The summed E-state index contributed by atoms with van der Waals surface area (Å²) < 4.78 is 10.9. The Kier molecular flexibility index (Phi) is 13.3. The van der Waals surface area contributed by atoms with E-state index in [1.165, 1.54) is 12.1 Å². The van der Waals surface area contributed by atoms with Gasteiger partial charge in [-0.3, -0.25) is 19.3 Å². The highest BCUT2D eigenvalue weighted by Crippen LogP contribution is 2.26. The van der Waals surface area contributed by atoms with E-state index in [0.29, 0.717) is 83.9 Å². The minimum Gasteiger partial charge on any atom is -0.509 e. The van der Waals surface area contributed by atoms with E-state index in [4.69, 9.17) is 25.2 Å². The van der Waals surface area contributed by atoms with Crippen LogP contribution in [0.15, 0.2) is 36.4 Å². The number of phenols is 1. The van der Waals surface area contributed by atoms with E-state index in [1.807, 2.05) is 29.2 Å². The fourth-order valence-corrected chi connectivity index (χ4v) is 8.14. The number of hydrogen-bond acceptors (Lipinski definition) is 9. The molecular weight excluding hydrogens is 702 g/mol. The van der Waals surface area contributed by atoms with Crippen LogP contribution in [-0.2, 0) is 36.7 Å². The number of likely N-dealkylation sites (tertiary alicyclic amines) is 2. The largest absolute Gasteiger partial charge is 0.509 e. The number of hydrogen-bond donors (Lipinski definition) is 2. The van der Waals surface area contributed by atoms with Crippen LogP contribution in [-0.4, -0.2) is 159 Å². The molecule has 16 heteroatoms. The maximum Gasteiger partial charge on any atom is 0.410 e. The highest BCUT2D eigenvalue weighted by atomic mass is 16.6. The van der Waals surface area contributed by atoms with Crippen molar-refractivity contribution in [2.24, 2.45) is 0 Å². The lowest BCUT2D eigenvalue weighted by atomic mass is 9.83. The first-order valence-electron chi connectivity index (χ1n) is 19.4. The molecule has 5 amide bonds. The van der Waals surface area contributed by atoms with E-state index in [2.05, 4.69) is 10.2 Å². The van der Waals surface area contributed by atoms with Crippen molar-refractivity contribution in [3.63, 3.8) is 0 Å². The SMILES string of the molecule is [B]c1cc(C[C@@H](OC(=O)N2CCC(N3CCc4ccccc4NC3=O)CC2)C(=O)N2CCC(N3CCN(C(=O)CCC(=O)OCC)CC3)CC2)cc([B])c1O. The number of aromatic hydroxyl groups is 1. The number of carbonyl (C=O) groups is 5. The standard InChI is InChI=1S/C39H50B2N6O8/c1-2-54-35(49)8-7-34(48)44-21-19-43(20-22-44)28-10-14-45(15-11-28)37(51)33(25-26-23-30(40)36(50)31(41)24-26)55-39(53)46-16-12-29(13-17-46)47-18-9-27-5-3-4-6-32(27)42-38(47)52/h3-6,23-24,28-29,33,50H,2,7-22,25H2,1H3,(H,42,52)/t33-/m1/s1. The topological polar surface area (TPSA) is 152 Å². The molecule has 0 aliphatic carbocycles. The van der Waals surface area contributed by atoms with Gasteiger partial charge in [0.1, 0.15) is 21.4 Å². The van der Waals surface area contributed by atoms with E-state index in [1.54, 1.807) is 21.6 Å². The van der Waals surface area contributed by atoms with Crippen molar-refractivity contribution in [2.45, 2.75) is 76.5 Å². The Hall–Kier alpha value is -4.72. The summed E-state index contributed by atoms with van der Waals surface area (Å²) in [6.45, 7) is 6.88. The number of esters is 1. The van der Waals surface area contributed by atoms with E-state index in [0.717, 1.165) is 30.5 Å². The van der Waals surface area contributed by atoms with Gasteiger partial charge < -0.3 is 39.5 Å². The number of nitrogens with one attached hydrogen (secondary N) is 1. The number of piperidine rings is 2. The third kappa shape index (κ3) is 9.94. The predicted molar refractivity (Wildman–Crippen MR) is 207 cm³/mol. The van der Waals surface area contributed by atoms with Gasteiger partial charge in [0.25, 0.3) is 5.91 Å². The fraction of sp³-hybridized carbons (Fsp3) is 0.564. The van der Waals surface area contributed by atoms with Crippen molar-refractivity contribution in [3.05, 3.63) is 47.5 Å². The lowest BCUT2D eigenvalue weighted by molar-refractivity contribution is -0.146. The third-order valence-electron chi connectivity index (χ3n) is 11.3. The number of urea groups is 1. The number of carbonyl (C=O) groups excluding carboxylic acids is 5. The summed E-state index contributed by atoms with van der Waals surface area (Å²) in [5, 5.41) is 13.2. The quantitative estimate of drug-likeness (QED) is 0.268. The Labute approximate surface area is 325 Å². The van der Waals surface area contributed by atoms with Gasteiger partial charge >= 0.3 is 18.1 Å². The smallest absolute Gasteiger partial charge is 0.410 e. The van der Waals surface area contributed by atoms with Crippen LogP contribution in [0, 0.1) is 0 Å². The molecule has 4 aliphatic rings. The molecule has 0 bridgehead atoms. The predicted octanol–water partition coefficient (Wildman–Crippen LogP) is 1.06. The van der Waals surface area contributed by atoms with Gasteiger partial charge in [-0.25, -0.2) is 9.59 Å². The summed E-state index contributed by atoms with van der Waals surface area (Å²) in [5.41, 5.74) is 2.60. The van der Waals surface area contributed by atoms with Gasteiger partial charge in [-0.1, -0.05) is 41.3 Å². The van der Waals surface area contributed by atoms with Crippen LogP contribution >= 0.6 is 0 Å². The molecule has 0 aromatic heterocycles. The maximum absolute atomic E-state index is 14.1. The Morgan fingerprint density at radius 3 is 2.15 bits per heavy atom. The number of para-hydroxylation sites is 1. The molecule has 4 aliphatic heterocycles. The summed E-state index contributed by atoms with van der Waals surface area (Å²) in [7, 11) is 12.0. The second kappa shape index (κ2) is 18.3. The molecule has 4 radical (unpaired) electrons. The molecule has 290 valence electrons. The lowest BCUT2D eigenvalue weighted by Crippen LogP contribution is -2.56. The summed E-state index contributed by atoms with van der Waals surface area (Å²) >= 11 is 0. The van der Waals surface area contributed by atoms with Crippen LogP contribution in [0.5, 0.6) is 5.75 Å². The molecule has 2 N–H and O–H groups in total. The van der Waals surface area contributed by atoms with Crippen molar-refractivity contribution in [1.82, 2.24) is 24.5 Å². The molecule has 0 saturated carbocycles. The molecule has 2 aromatic rings. The van der Waals surface area contributed by atoms with Gasteiger partial charge in [0, 0.05) is 89.5 Å². The minimum absolute atomic E-state index is 0.0241. The molecule has 55 heavy (non-hydrogen) atoms. The third-order valence-corrected chi connectivity index (χ3v) is 11.3. The summed E-state index contributed by atoms with van der Waals surface area (Å²) in [6, 6.07) is 10.9. The molecule has 4 heterocycles. The van der Waals surface area contributed by atoms with Crippen molar-refractivity contribution >= 4 is 62.2 Å². The molecular formula is C39H50B2N6O8. The summed E-state index contributed by atoms with van der Waals surface area (Å²) in [6.07, 6.45) is 1.83. The highest BCUT2D eigenvalue weighted by molar-refractivity contribution is 6.41. The van der Waals surface area contributed by atoms with Crippen molar-refractivity contribution in [3.8, 4) is 5.75 Å². The molecule has 1 atom stereocenters. The Balaban J connectivity index is 1.03. The average molecular weight is 752 g/mol. The number of ether oxygens (including phenoxy) is 2. The number of phenolic OH excluding ortho intramolecular Hbond substituents is 1. The van der Waals surface area contributed by atoms with Crippen LogP contribution in [0.4, 0.5) is 15.3 Å². The van der Waals surface area contributed by atoms with Gasteiger partial charge in [-0.05, 0) is 56.2 Å². The van der Waals surface area contributed by atoms with Gasteiger partial charge in [-0.2, -0.15) is 0 Å². The number of rotatable bonds is 10. The molecule has 0 unspecified atom stereocenters. The second-order valence-corrected chi connectivity index (χ2v) is 14.7. The van der Waals surface area contributed by atoms with Crippen LogP contribution in [0.1, 0.15) is 56.6 Å². The van der Waals surface area contributed by atoms with E-state index >= 15 is 0 Å². The van der Waals surface area contributed by atoms with Crippen LogP contribution in [0.2, 0.25) is 0 Å². The first-order valence-corrected chi connectivity index (χ1v) is 19.4. The Bertz CT molecular complexity index is 1700. The normalized spacial score (nSPS) is 19.3. The Morgan fingerprint density at radius 1 is 0.836 bits per heavy atom. The number of anilines is 1. The molecule has 0 spiro atoms. The fourth-order valence-electron chi connectivity index (χ4n) is 8.14. The zero-order valence-corrected chi connectivity index (χ0v) is 31.6. The second-order valence-electron chi connectivity index (χ2n) is 14.7. The molecule has 6 rings (SSSR count). The summed E-state index contributed by atoms with van der Waals surface area (Å²) in [4.78, 5) is 74.5. The first kappa shape index (κ1) is 40.0. The minimum atomic E-state index is -1.15. The van der Waals surface area contributed by atoms with E-state index in [9.17, 15) is 29.1 Å². The molecule has 3 saturated heterocycles. The number of nitrogens with zero attached hydrogens (tertiary/aromatic N) is 5. The van der Waals surface area contributed by atoms with Crippen molar-refractivity contribution in [1.29, 1.82) is 0 Å². The molecule has 2 aromatic carbocycles. The maximum atomic E-state index is 14.1. The molecule has 14 nitrogen and oxygen atoms in total. The first-order chi connectivity index (χ1) is 26.5. The van der Waals surface area contributed by atoms with E-state index < -0.39 is 12.2 Å². The van der Waals surface area contributed by atoms with Gasteiger partial charge in [-0.15, -0.1) is 0 Å². The lowest BCUT2D eigenvalue weighted by Gasteiger charge is -2.43. The number of piperazine rings is 1. The van der Waals surface area contributed by atoms with Crippen molar-refractivity contribution in [2.75, 3.05) is 70.8 Å². The molecule has 3 fully saturated rings. The van der Waals surface area contributed by atoms with Crippen LogP contribution in [0.25, 0.3) is 0 Å². The van der Waals surface area contributed by atoms with Crippen molar-refractivity contribution < 1.29 is 38.6 Å². The average Bonchev–Trinajstić information content (AvgIpc) is 3.36. The van der Waals surface area contributed by atoms with Crippen LogP contribution < -0.4 is 16.2 Å². The van der Waals surface area contributed by atoms with Gasteiger partial charge in [0.2, 0.25) is 5.91 Å². The zero-order chi connectivity index (χ0) is 39.1. The number of benzene rings is 2. The van der Waals surface area contributed by atoms with Gasteiger partial charge in [0.15, 0.2) is 6.10 Å². The van der Waals surface area contributed by atoms with E-state index in [-0.39, 0.29) is 71.8 Å². The number of fused-ring (bicyclic) bond motifs is 1. The van der Waals surface area contributed by atoms with Gasteiger partial charge in [0.05, 0.1) is 13.0 Å². The summed E-state index contributed by atoms with van der Waals surface area (Å²) in [5.74, 6) is -0.968.